The van der Waals surface area contributed by atoms with Crippen LogP contribution >= 0.6 is 11.6 Å². The quantitative estimate of drug-likeness (QED) is 0.692. The van der Waals surface area contributed by atoms with E-state index in [-0.39, 0.29) is 18.5 Å². The van der Waals surface area contributed by atoms with Gasteiger partial charge in [0, 0.05) is 13.2 Å². The van der Waals surface area contributed by atoms with Gasteiger partial charge >= 0.3 is 0 Å². The molecule has 0 saturated heterocycles. The molecule has 1 atom stereocenters. The van der Waals surface area contributed by atoms with Gasteiger partial charge in [0.05, 0.1) is 6.20 Å². The Morgan fingerprint density at radius 2 is 2.43 bits per heavy atom. The lowest BCUT2D eigenvalue weighted by Gasteiger charge is -2.10. The molecule has 0 aliphatic heterocycles. The summed E-state index contributed by atoms with van der Waals surface area (Å²) in [7, 11) is 0. The van der Waals surface area contributed by atoms with E-state index < -0.39 is 0 Å². The molecule has 0 radical (unpaired) electrons. The number of hydrogen-bond donors (Lipinski definition) is 3. The molecule has 0 aliphatic carbocycles. The summed E-state index contributed by atoms with van der Waals surface area (Å²) in [4.78, 5) is 7.65. The van der Waals surface area contributed by atoms with E-state index in [0.717, 1.165) is 0 Å². The topological polar surface area (TPSA) is 84.1 Å². The number of anilines is 2. The predicted octanol–water partition coefficient (Wildman–Crippen LogP) is 0.752. The van der Waals surface area contributed by atoms with Gasteiger partial charge in [-0.1, -0.05) is 18.5 Å². The summed E-state index contributed by atoms with van der Waals surface area (Å²) in [6.07, 6.45) is 1.44. The number of nitrogens with one attached hydrogen (secondary N) is 1. The summed E-state index contributed by atoms with van der Waals surface area (Å²) in [6, 6.07) is 0. The molecule has 0 aliphatic rings. The molecule has 78 valence electrons. The van der Waals surface area contributed by atoms with E-state index in [9.17, 15) is 0 Å². The minimum absolute atomic E-state index is 0.116. The molecule has 1 unspecified atom stereocenters. The van der Waals surface area contributed by atoms with Gasteiger partial charge in [0.25, 0.3) is 0 Å². The molecule has 0 spiro atoms. The number of nitrogens with zero attached hydrogens (tertiary/aromatic N) is 2. The Balaban J connectivity index is 2.62. The highest BCUT2D eigenvalue weighted by atomic mass is 35.5. The van der Waals surface area contributed by atoms with Crippen molar-refractivity contribution in [2.45, 2.75) is 6.92 Å². The lowest BCUT2D eigenvalue weighted by molar-refractivity contribution is 0.244. The normalized spacial score (nSPS) is 12.5. The molecular weight excluding hydrogens is 204 g/mol. The van der Waals surface area contributed by atoms with E-state index >= 15 is 0 Å². The Bertz CT molecular complexity index is 307. The number of aliphatic hydroxyl groups excluding tert-OH is 1. The van der Waals surface area contributed by atoms with Crippen LogP contribution in [0.3, 0.4) is 0 Å². The molecule has 4 N–H and O–H groups in total. The molecule has 0 amide bonds. The highest BCUT2D eigenvalue weighted by molar-refractivity contribution is 6.32. The number of hydrogen-bond acceptors (Lipinski definition) is 5. The van der Waals surface area contributed by atoms with Gasteiger partial charge in [-0.3, -0.25) is 0 Å². The first-order valence-corrected chi connectivity index (χ1v) is 4.64. The van der Waals surface area contributed by atoms with Crippen molar-refractivity contribution in [2.75, 3.05) is 24.2 Å². The van der Waals surface area contributed by atoms with Crippen molar-refractivity contribution in [1.82, 2.24) is 9.97 Å². The summed E-state index contributed by atoms with van der Waals surface area (Å²) in [5.74, 6) is 0.815. The number of rotatable bonds is 4. The monoisotopic (exact) mass is 216 g/mol. The maximum Gasteiger partial charge on any atom is 0.222 e. The summed E-state index contributed by atoms with van der Waals surface area (Å²) in [5, 5.41) is 12.2. The molecule has 6 heteroatoms. The Labute approximate surface area is 87.3 Å². The van der Waals surface area contributed by atoms with Gasteiger partial charge in [-0.2, -0.15) is 4.98 Å². The van der Waals surface area contributed by atoms with Crippen LogP contribution in [0.25, 0.3) is 0 Å². The maximum atomic E-state index is 8.81. The van der Waals surface area contributed by atoms with Crippen LogP contribution in [0.5, 0.6) is 0 Å². The van der Waals surface area contributed by atoms with Crippen LogP contribution < -0.4 is 11.1 Å². The predicted molar refractivity (Wildman–Crippen MR) is 56.2 cm³/mol. The van der Waals surface area contributed by atoms with Gasteiger partial charge in [0.1, 0.15) is 10.8 Å². The van der Waals surface area contributed by atoms with E-state index in [1.807, 2.05) is 6.92 Å². The Kier molecular flexibility index (Phi) is 3.91. The second-order valence-corrected chi connectivity index (χ2v) is 3.50. The van der Waals surface area contributed by atoms with E-state index in [1.54, 1.807) is 0 Å². The maximum absolute atomic E-state index is 8.81. The smallest absolute Gasteiger partial charge is 0.222 e. The average Bonchev–Trinajstić information content (AvgIpc) is 2.19. The van der Waals surface area contributed by atoms with Gasteiger partial charge < -0.3 is 16.2 Å². The summed E-state index contributed by atoms with van der Waals surface area (Å²) >= 11 is 5.82. The number of halogens is 1. The molecular formula is C8H13ClN4O. The van der Waals surface area contributed by atoms with Crippen molar-refractivity contribution in [3.8, 4) is 0 Å². The number of aliphatic hydroxyl groups is 1. The van der Waals surface area contributed by atoms with Crippen molar-refractivity contribution >= 4 is 23.4 Å². The number of nitrogens with two attached hydrogens (primary N) is 1. The number of aromatic nitrogens is 2. The fraction of sp³-hybridized carbons (Fsp3) is 0.500. The zero-order valence-corrected chi connectivity index (χ0v) is 8.62. The third-order valence-corrected chi connectivity index (χ3v) is 1.97. The fourth-order valence-corrected chi connectivity index (χ4v) is 0.998. The van der Waals surface area contributed by atoms with Crippen molar-refractivity contribution in [1.29, 1.82) is 0 Å². The molecule has 0 bridgehead atoms. The van der Waals surface area contributed by atoms with Crippen LogP contribution in [0.4, 0.5) is 11.8 Å². The van der Waals surface area contributed by atoms with Crippen molar-refractivity contribution in [2.24, 2.45) is 5.92 Å². The molecule has 0 fully saturated rings. The molecule has 0 aromatic carbocycles. The number of nitrogen functional groups attached to an aromatic ring is 1. The Hall–Kier alpha value is -1.07. The lowest BCUT2D eigenvalue weighted by atomic mass is 10.2. The van der Waals surface area contributed by atoms with E-state index in [0.29, 0.717) is 17.4 Å². The molecule has 0 saturated carbocycles. The highest BCUT2D eigenvalue weighted by Crippen LogP contribution is 2.18. The van der Waals surface area contributed by atoms with Gasteiger partial charge in [0.2, 0.25) is 5.95 Å². The molecule has 14 heavy (non-hydrogen) atoms. The van der Waals surface area contributed by atoms with Crippen molar-refractivity contribution in [3.05, 3.63) is 11.2 Å². The molecule has 1 rings (SSSR count). The zero-order valence-electron chi connectivity index (χ0n) is 7.87. The lowest BCUT2D eigenvalue weighted by Crippen LogP contribution is -2.15. The van der Waals surface area contributed by atoms with Crippen LogP contribution in [0.2, 0.25) is 5.02 Å². The van der Waals surface area contributed by atoms with E-state index in [1.165, 1.54) is 6.20 Å². The first-order valence-electron chi connectivity index (χ1n) is 4.26. The summed E-state index contributed by atoms with van der Waals surface area (Å²) < 4.78 is 0. The second-order valence-electron chi connectivity index (χ2n) is 3.09. The molecule has 5 nitrogen and oxygen atoms in total. The summed E-state index contributed by atoms with van der Waals surface area (Å²) in [5.41, 5.74) is 5.40. The minimum Gasteiger partial charge on any atom is -0.396 e. The molecule has 1 aromatic heterocycles. The average molecular weight is 217 g/mol. The standard InChI is InChI=1S/C8H13ClN4O/c1-5(4-14)2-11-7-6(9)3-12-8(10)13-7/h3,5,14H,2,4H2,1H3,(H3,10,11,12,13). The third-order valence-electron chi connectivity index (χ3n) is 1.69. The zero-order chi connectivity index (χ0) is 10.6. The Morgan fingerprint density at radius 3 is 3.07 bits per heavy atom. The van der Waals surface area contributed by atoms with E-state index in [2.05, 4.69) is 15.3 Å². The summed E-state index contributed by atoms with van der Waals surface area (Å²) in [6.45, 7) is 2.61. The highest BCUT2D eigenvalue weighted by Gasteiger charge is 2.05. The van der Waals surface area contributed by atoms with E-state index in [4.69, 9.17) is 22.4 Å². The van der Waals surface area contributed by atoms with Crippen LogP contribution in [0, 0.1) is 5.92 Å². The van der Waals surface area contributed by atoms with Gasteiger partial charge in [0.15, 0.2) is 0 Å². The van der Waals surface area contributed by atoms with Crippen molar-refractivity contribution in [3.63, 3.8) is 0 Å². The van der Waals surface area contributed by atoms with Gasteiger partial charge in [-0.25, -0.2) is 4.98 Å². The van der Waals surface area contributed by atoms with Gasteiger partial charge in [-0.05, 0) is 5.92 Å². The van der Waals surface area contributed by atoms with Crippen molar-refractivity contribution < 1.29 is 5.11 Å². The first kappa shape index (κ1) is 11.0. The van der Waals surface area contributed by atoms with Crippen LogP contribution in [-0.4, -0.2) is 28.2 Å². The molecule has 1 aromatic rings. The largest absolute Gasteiger partial charge is 0.396 e. The third kappa shape index (κ3) is 3.01. The fourth-order valence-electron chi connectivity index (χ4n) is 0.840. The van der Waals surface area contributed by atoms with Gasteiger partial charge in [-0.15, -0.1) is 0 Å². The van der Waals surface area contributed by atoms with Crippen LogP contribution in [0.1, 0.15) is 6.92 Å². The SMILES string of the molecule is CC(CO)CNc1nc(N)ncc1Cl. The molecule has 1 heterocycles. The van der Waals surface area contributed by atoms with Crippen LogP contribution in [0.15, 0.2) is 6.20 Å². The minimum atomic E-state index is 0.116. The second kappa shape index (κ2) is 4.97. The Morgan fingerprint density at radius 1 is 1.71 bits per heavy atom. The van der Waals surface area contributed by atoms with Crippen LogP contribution in [-0.2, 0) is 0 Å². The first-order chi connectivity index (χ1) is 6.63.